The molecule has 0 aliphatic carbocycles. The third kappa shape index (κ3) is 2.12. The lowest BCUT2D eigenvalue weighted by atomic mass is 9.90. The van der Waals surface area contributed by atoms with Gasteiger partial charge in [-0.05, 0) is 12.5 Å². The van der Waals surface area contributed by atoms with Gasteiger partial charge in [-0.15, -0.1) is 5.75 Å². The minimum absolute atomic E-state index is 0.00322. The first-order valence-electron chi connectivity index (χ1n) is 4.55. The Morgan fingerprint density at radius 1 is 1.00 bits per heavy atom. The van der Waals surface area contributed by atoms with Crippen molar-refractivity contribution >= 4 is 0 Å². The largest absolute Gasteiger partial charge is 0.872 e. The molecule has 0 saturated heterocycles. The monoisotopic (exact) mass is 273 g/mol. The molecule has 0 atom stereocenters. The molecule has 0 fully saturated rings. The lowest BCUT2D eigenvalue weighted by molar-refractivity contribution is -0.380. The number of aryl methyl sites for hydroxylation is 1. The molecular weight excluding hydrogens is 266 g/mol. The van der Waals surface area contributed by atoms with E-state index >= 15 is 0 Å². The predicted octanol–water partition coefficient (Wildman–Crippen LogP) is 2.38. The molecule has 0 spiro atoms. The molecule has 102 valence electrons. The summed E-state index contributed by atoms with van der Waals surface area (Å²) in [6.45, 7) is 1.20. The topological polar surface area (TPSA) is 43.3 Å². The van der Waals surface area contributed by atoms with Crippen molar-refractivity contribution in [2.75, 3.05) is 0 Å². The van der Waals surface area contributed by atoms with Crippen molar-refractivity contribution in [3.63, 3.8) is 0 Å². The van der Waals surface area contributed by atoms with E-state index in [4.69, 9.17) is 5.11 Å². The van der Waals surface area contributed by atoms with Crippen LogP contribution in [-0.4, -0.2) is 17.5 Å². The molecule has 8 heteroatoms. The maximum atomic E-state index is 12.5. The Morgan fingerprint density at radius 2 is 1.44 bits per heavy atom. The second-order valence-electron chi connectivity index (χ2n) is 3.71. The van der Waals surface area contributed by atoms with Crippen LogP contribution in [0.25, 0.3) is 0 Å². The maximum Gasteiger partial charge on any atom is 0.430 e. The molecule has 0 aromatic heterocycles. The molecule has 1 N–H and O–H groups in total. The van der Waals surface area contributed by atoms with Gasteiger partial charge in [0.15, 0.2) is 0 Å². The zero-order chi connectivity index (χ0) is 14.4. The van der Waals surface area contributed by atoms with Gasteiger partial charge in [0, 0.05) is 0 Å². The van der Waals surface area contributed by atoms with Gasteiger partial charge in [-0.3, -0.25) is 0 Å². The van der Waals surface area contributed by atoms with Gasteiger partial charge in [0.25, 0.3) is 5.60 Å². The van der Waals surface area contributed by atoms with Crippen molar-refractivity contribution in [3.05, 3.63) is 29.3 Å². The molecule has 0 aliphatic rings. The molecule has 18 heavy (non-hydrogen) atoms. The van der Waals surface area contributed by atoms with E-state index in [0.717, 1.165) is 6.07 Å². The zero-order valence-electron chi connectivity index (χ0n) is 8.86. The molecule has 1 aromatic rings. The number of hydrogen-bond donors (Lipinski definition) is 1. The summed E-state index contributed by atoms with van der Waals surface area (Å²) >= 11 is 0. The van der Waals surface area contributed by atoms with Crippen LogP contribution < -0.4 is 5.11 Å². The minimum Gasteiger partial charge on any atom is -0.872 e. The number of benzene rings is 1. The normalized spacial score (nSPS) is 13.8. The smallest absolute Gasteiger partial charge is 0.430 e. The van der Waals surface area contributed by atoms with E-state index in [2.05, 4.69) is 0 Å². The first kappa shape index (κ1) is 14.6. The fraction of sp³-hybridized carbons (Fsp3) is 0.400. The number of alkyl halides is 6. The maximum absolute atomic E-state index is 12.5. The Bertz CT molecular complexity index is 435. The van der Waals surface area contributed by atoms with E-state index in [1.54, 1.807) is 0 Å². The Kier molecular flexibility index (Phi) is 3.28. The first-order valence-corrected chi connectivity index (χ1v) is 4.55. The van der Waals surface area contributed by atoms with Crippen molar-refractivity contribution in [3.8, 4) is 5.75 Å². The van der Waals surface area contributed by atoms with E-state index in [0.29, 0.717) is 12.1 Å². The highest BCUT2D eigenvalue weighted by molar-refractivity contribution is 5.41. The average molecular weight is 273 g/mol. The van der Waals surface area contributed by atoms with Crippen LogP contribution in [0.4, 0.5) is 26.3 Å². The first-order chi connectivity index (χ1) is 7.91. The summed E-state index contributed by atoms with van der Waals surface area (Å²) in [6, 6.07) is 1.98. The fourth-order valence-corrected chi connectivity index (χ4v) is 1.39. The third-order valence-corrected chi connectivity index (χ3v) is 2.35. The quantitative estimate of drug-likeness (QED) is 0.798. The van der Waals surface area contributed by atoms with E-state index in [1.807, 2.05) is 0 Å². The summed E-state index contributed by atoms with van der Waals surface area (Å²) in [5.74, 6) is -1.53. The zero-order valence-corrected chi connectivity index (χ0v) is 8.86. The van der Waals surface area contributed by atoms with Gasteiger partial charge in [0.1, 0.15) is 0 Å². The highest BCUT2D eigenvalue weighted by atomic mass is 19.4. The van der Waals surface area contributed by atoms with Crippen LogP contribution in [0.1, 0.15) is 11.1 Å². The molecule has 2 nitrogen and oxygen atoms in total. The summed E-state index contributed by atoms with van der Waals surface area (Å²) < 4.78 is 74.9. The number of halogens is 6. The Labute approximate surface area is 97.5 Å². The Balaban J connectivity index is 3.61. The molecule has 0 saturated carbocycles. The van der Waals surface area contributed by atoms with Crippen LogP contribution in [0.2, 0.25) is 0 Å². The molecule has 1 rings (SSSR count). The van der Waals surface area contributed by atoms with Crippen LogP contribution in [0.3, 0.4) is 0 Å². The number of rotatable bonds is 1. The van der Waals surface area contributed by atoms with Crippen molar-refractivity contribution in [2.24, 2.45) is 0 Å². The van der Waals surface area contributed by atoms with Crippen LogP contribution >= 0.6 is 0 Å². The molecular formula is C10H7F6O2-. The SMILES string of the molecule is Cc1ccc([O-])c(C(O)(C(F)(F)F)C(F)(F)F)c1. The second-order valence-corrected chi connectivity index (χ2v) is 3.71. The summed E-state index contributed by atoms with van der Waals surface area (Å²) in [5.41, 5.74) is -6.91. The lowest BCUT2D eigenvalue weighted by Crippen LogP contribution is -2.54. The van der Waals surface area contributed by atoms with Crippen LogP contribution in [0.5, 0.6) is 5.75 Å². The van der Waals surface area contributed by atoms with Crippen molar-refractivity contribution in [2.45, 2.75) is 24.9 Å². The van der Waals surface area contributed by atoms with E-state index < -0.39 is 29.3 Å². The van der Waals surface area contributed by atoms with Crippen LogP contribution in [0, 0.1) is 6.92 Å². The van der Waals surface area contributed by atoms with Crippen molar-refractivity contribution in [1.29, 1.82) is 0 Å². The summed E-state index contributed by atoms with van der Waals surface area (Å²) in [4.78, 5) is 0. The highest BCUT2D eigenvalue weighted by Crippen LogP contribution is 2.51. The molecule has 0 heterocycles. The van der Waals surface area contributed by atoms with E-state index in [-0.39, 0.29) is 5.56 Å². The van der Waals surface area contributed by atoms with E-state index in [1.165, 1.54) is 6.92 Å². The van der Waals surface area contributed by atoms with Gasteiger partial charge in [0.2, 0.25) is 0 Å². The number of hydrogen-bond acceptors (Lipinski definition) is 2. The van der Waals surface area contributed by atoms with Gasteiger partial charge in [0.05, 0.1) is 0 Å². The highest BCUT2D eigenvalue weighted by Gasteiger charge is 2.71. The van der Waals surface area contributed by atoms with Crippen molar-refractivity contribution < 1.29 is 36.6 Å². The van der Waals surface area contributed by atoms with E-state index in [9.17, 15) is 31.4 Å². The summed E-state index contributed by atoms with van der Waals surface area (Å²) in [6.07, 6.45) is -12.1. The minimum atomic E-state index is -6.04. The lowest BCUT2D eigenvalue weighted by Gasteiger charge is -2.35. The molecule has 0 radical (unpaired) electrons. The molecule has 0 bridgehead atoms. The summed E-state index contributed by atoms with van der Waals surface area (Å²) in [7, 11) is 0. The van der Waals surface area contributed by atoms with Crippen molar-refractivity contribution in [1.82, 2.24) is 0 Å². The molecule has 0 aliphatic heterocycles. The third-order valence-electron chi connectivity index (χ3n) is 2.35. The molecule has 0 unspecified atom stereocenters. The summed E-state index contributed by atoms with van der Waals surface area (Å²) in [5, 5.41) is 20.2. The number of aliphatic hydroxyl groups is 1. The molecule has 0 amide bonds. The van der Waals surface area contributed by atoms with Gasteiger partial charge in [-0.2, -0.15) is 26.3 Å². The van der Waals surface area contributed by atoms with Crippen LogP contribution in [-0.2, 0) is 5.60 Å². The Hall–Kier alpha value is -1.44. The van der Waals surface area contributed by atoms with Gasteiger partial charge in [-0.1, -0.05) is 23.8 Å². The van der Waals surface area contributed by atoms with Crippen LogP contribution in [0.15, 0.2) is 18.2 Å². The standard InChI is InChI=1S/C10H8F6O2/c1-5-2-3-7(17)6(4-5)8(18,9(11,12)13)10(14,15)16/h2-4,17-18H,1H3/p-1. The molecule has 1 aromatic carbocycles. The second kappa shape index (κ2) is 4.04. The fourth-order valence-electron chi connectivity index (χ4n) is 1.39. The van der Waals surface area contributed by atoms with Gasteiger partial charge >= 0.3 is 12.4 Å². The Morgan fingerprint density at radius 3 is 1.83 bits per heavy atom. The van der Waals surface area contributed by atoms with Gasteiger partial charge < -0.3 is 10.2 Å². The predicted molar refractivity (Wildman–Crippen MR) is 46.6 cm³/mol. The van der Waals surface area contributed by atoms with Gasteiger partial charge in [-0.25, -0.2) is 0 Å². The average Bonchev–Trinajstić information content (AvgIpc) is 2.17.